The van der Waals surface area contributed by atoms with Gasteiger partial charge in [0.2, 0.25) is 5.13 Å². The minimum Gasteiger partial charge on any atom is -0.321 e. The van der Waals surface area contributed by atoms with E-state index in [2.05, 4.69) is 20.4 Å². The highest BCUT2D eigenvalue weighted by molar-refractivity contribution is 7.15. The number of nitrogens with one attached hydrogen (secondary N) is 1. The van der Waals surface area contributed by atoms with Gasteiger partial charge in [-0.15, -0.1) is 10.2 Å². The average molecular weight is 320 g/mol. The summed E-state index contributed by atoms with van der Waals surface area (Å²) >= 11 is 1.55. The van der Waals surface area contributed by atoms with Crippen molar-refractivity contribution in [3.63, 3.8) is 0 Å². The maximum atomic E-state index is 12.6. The number of hydrogen-bond acceptors (Lipinski definition) is 4. The predicted octanol–water partition coefficient (Wildman–Crippen LogP) is 3.99. The molecule has 1 unspecified atom stereocenters. The molecule has 2 saturated carbocycles. The molecule has 5 nitrogen and oxygen atoms in total. The number of nitrogens with zero attached hydrogens (tertiary/aromatic N) is 3. The van der Waals surface area contributed by atoms with Crippen LogP contribution in [0.2, 0.25) is 0 Å². The van der Waals surface area contributed by atoms with Crippen LogP contribution in [0.3, 0.4) is 0 Å². The highest BCUT2D eigenvalue weighted by Gasteiger charge is 2.35. The van der Waals surface area contributed by atoms with E-state index in [1.54, 1.807) is 11.3 Å². The molecule has 1 atom stereocenters. The molecular formula is C16H24N4OS. The van der Waals surface area contributed by atoms with Gasteiger partial charge in [0.25, 0.3) is 0 Å². The van der Waals surface area contributed by atoms with E-state index in [1.807, 2.05) is 0 Å². The van der Waals surface area contributed by atoms with Gasteiger partial charge < -0.3 is 4.90 Å². The van der Waals surface area contributed by atoms with Crippen molar-refractivity contribution in [2.45, 2.75) is 69.7 Å². The molecule has 3 fully saturated rings. The van der Waals surface area contributed by atoms with Crippen LogP contribution in [0.5, 0.6) is 0 Å². The van der Waals surface area contributed by atoms with Gasteiger partial charge >= 0.3 is 6.03 Å². The maximum absolute atomic E-state index is 12.6. The standard InChI is InChI=1S/C16H24N4OS/c21-16(17-15-19-18-14(22-15)12-8-9-12)20-10-4-7-13(20)11-5-2-1-3-6-11/h11-13H,1-10H2,(H,17,19,21). The van der Waals surface area contributed by atoms with E-state index in [-0.39, 0.29) is 6.03 Å². The molecule has 0 spiro atoms. The van der Waals surface area contributed by atoms with Gasteiger partial charge in [0, 0.05) is 18.5 Å². The topological polar surface area (TPSA) is 58.1 Å². The lowest BCUT2D eigenvalue weighted by atomic mass is 9.83. The third-order valence-corrected chi connectivity index (χ3v) is 6.34. The summed E-state index contributed by atoms with van der Waals surface area (Å²) in [6.45, 7) is 0.890. The van der Waals surface area contributed by atoms with E-state index < -0.39 is 0 Å². The van der Waals surface area contributed by atoms with E-state index in [4.69, 9.17) is 0 Å². The van der Waals surface area contributed by atoms with Gasteiger partial charge in [-0.05, 0) is 44.4 Å². The van der Waals surface area contributed by atoms with Crippen LogP contribution in [0, 0.1) is 5.92 Å². The molecule has 1 aromatic heterocycles. The maximum Gasteiger partial charge on any atom is 0.323 e. The number of likely N-dealkylation sites (tertiary alicyclic amines) is 1. The highest BCUT2D eigenvalue weighted by Crippen LogP contribution is 2.42. The second-order valence-corrected chi connectivity index (χ2v) is 7.96. The summed E-state index contributed by atoms with van der Waals surface area (Å²) in [5, 5.41) is 13.1. The molecule has 2 amide bonds. The van der Waals surface area contributed by atoms with Crippen molar-refractivity contribution in [1.82, 2.24) is 15.1 Å². The Morgan fingerprint density at radius 2 is 1.86 bits per heavy atom. The monoisotopic (exact) mass is 320 g/mol. The van der Waals surface area contributed by atoms with Crippen LogP contribution in [-0.4, -0.2) is 33.7 Å². The summed E-state index contributed by atoms with van der Waals surface area (Å²) in [5.41, 5.74) is 0. The second kappa shape index (κ2) is 6.14. The first-order valence-corrected chi connectivity index (χ1v) is 9.54. The first kappa shape index (κ1) is 14.4. The van der Waals surface area contributed by atoms with Gasteiger partial charge in [-0.3, -0.25) is 5.32 Å². The van der Waals surface area contributed by atoms with Crippen LogP contribution in [0.25, 0.3) is 0 Å². The van der Waals surface area contributed by atoms with Crippen molar-refractivity contribution in [1.29, 1.82) is 0 Å². The summed E-state index contributed by atoms with van der Waals surface area (Å²) in [7, 11) is 0. The zero-order valence-electron chi connectivity index (χ0n) is 13.0. The smallest absolute Gasteiger partial charge is 0.321 e. The molecule has 2 heterocycles. The number of carbonyl (C=O) groups excluding carboxylic acids is 1. The fourth-order valence-electron chi connectivity index (χ4n) is 4.00. The van der Waals surface area contributed by atoms with Gasteiger partial charge in [0.05, 0.1) is 0 Å². The zero-order chi connectivity index (χ0) is 14.9. The summed E-state index contributed by atoms with van der Waals surface area (Å²) in [5.74, 6) is 1.31. The SMILES string of the molecule is O=C(Nc1nnc(C2CC2)s1)N1CCCC1C1CCCCC1. The highest BCUT2D eigenvalue weighted by atomic mass is 32.1. The molecule has 1 N–H and O–H groups in total. The zero-order valence-corrected chi connectivity index (χ0v) is 13.8. The normalized spacial score (nSPS) is 26.4. The molecule has 1 aromatic rings. The third kappa shape index (κ3) is 2.98. The Labute approximate surface area is 135 Å². The Kier molecular flexibility index (Phi) is 4.03. The summed E-state index contributed by atoms with van der Waals surface area (Å²) in [4.78, 5) is 14.7. The average Bonchev–Trinajstić information content (AvgIpc) is 3.10. The quantitative estimate of drug-likeness (QED) is 0.916. The Bertz CT molecular complexity index is 536. The molecule has 120 valence electrons. The number of hydrogen-bond donors (Lipinski definition) is 1. The van der Waals surface area contributed by atoms with E-state index >= 15 is 0 Å². The van der Waals surface area contributed by atoms with Crippen LogP contribution < -0.4 is 5.32 Å². The Morgan fingerprint density at radius 3 is 2.64 bits per heavy atom. The second-order valence-electron chi connectivity index (χ2n) is 6.95. The third-order valence-electron chi connectivity index (χ3n) is 5.34. The van der Waals surface area contributed by atoms with Crippen molar-refractivity contribution in [2.24, 2.45) is 5.92 Å². The molecular weight excluding hydrogens is 296 g/mol. The van der Waals surface area contributed by atoms with Crippen molar-refractivity contribution >= 4 is 22.5 Å². The van der Waals surface area contributed by atoms with Crippen molar-refractivity contribution in [3.05, 3.63) is 5.01 Å². The van der Waals surface area contributed by atoms with Gasteiger partial charge in [-0.25, -0.2) is 4.79 Å². The van der Waals surface area contributed by atoms with Gasteiger partial charge in [-0.2, -0.15) is 0 Å². The van der Waals surface area contributed by atoms with Gasteiger partial charge in [0.15, 0.2) is 0 Å². The molecule has 1 aliphatic heterocycles. The molecule has 0 radical (unpaired) electrons. The number of amides is 2. The molecule has 6 heteroatoms. The molecule has 0 aromatic carbocycles. The molecule has 4 rings (SSSR count). The first-order chi connectivity index (χ1) is 10.8. The Hall–Kier alpha value is -1.17. The van der Waals surface area contributed by atoms with Crippen LogP contribution in [0.4, 0.5) is 9.93 Å². The van der Waals surface area contributed by atoms with Crippen LogP contribution in [0.15, 0.2) is 0 Å². The molecule has 0 bridgehead atoms. The minimum absolute atomic E-state index is 0.0339. The number of anilines is 1. The Morgan fingerprint density at radius 1 is 1.05 bits per heavy atom. The first-order valence-electron chi connectivity index (χ1n) is 8.72. The molecule has 3 aliphatic rings. The van der Waals surface area contributed by atoms with Crippen LogP contribution >= 0.6 is 11.3 Å². The summed E-state index contributed by atoms with van der Waals surface area (Å²) in [6.07, 6.45) is 11.4. The number of rotatable bonds is 3. The number of carbonyl (C=O) groups is 1. The summed E-state index contributed by atoms with van der Waals surface area (Å²) in [6, 6.07) is 0.475. The van der Waals surface area contributed by atoms with Gasteiger partial charge in [0.1, 0.15) is 5.01 Å². The van der Waals surface area contributed by atoms with E-state index in [1.165, 1.54) is 51.4 Å². The van der Waals surface area contributed by atoms with Crippen molar-refractivity contribution in [3.8, 4) is 0 Å². The number of aromatic nitrogens is 2. The largest absolute Gasteiger partial charge is 0.323 e. The van der Waals surface area contributed by atoms with Crippen LogP contribution in [0.1, 0.15) is 68.7 Å². The summed E-state index contributed by atoms with van der Waals surface area (Å²) < 4.78 is 0. The predicted molar refractivity (Wildman–Crippen MR) is 87.2 cm³/mol. The number of urea groups is 1. The minimum atomic E-state index is 0.0339. The molecule has 2 aliphatic carbocycles. The van der Waals surface area contributed by atoms with Crippen molar-refractivity contribution in [2.75, 3.05) is 11.9 Å². The van der Waals surface area contributed by atoms with Gasteiger partial charge in [-0.1, -0.05) is 30.6 Å². The molecule has 1 saturated heterocycles. The van der Waals surface area contributed by atoms with E-state index in [0.29, 0.717) is 23.0 Å². The van der Waals surface area contributed by atoms with Crippen molar-refractivity contribution < 1.29 is 4.79 Å². The lowest BCUT2D eigenvalue weighted by Gasteiger charge is -2.33. The molecule has 22 heavy (non-hydrogen) atoms. The Balaban J connectivity index is 1.39. The fourth-order valence-corrected chi connectivity index (χ4v) is 4.90. The lowest BCUT2D eigenvalue weighted by Crippen LogP contribution is -2.43. The van der Waals surface area contributed by atoms with E-state index in [9.17, 15) is 4.79 Å². The van der Waals surface area contributed by atoms with Crippen LogP contribution in [-0.2, 0) is 0 Å². The van der Waals surface area contributed by atoms with E-state index in [0.717, 1.165) is 18.0 Å². The fraction of sp³-hybridized carbons (Fsp3) is 0.812. The lowest BCUT2D eigenvalue weighted by molar-refractivity contribution is 0.166.